The molecule has 2 aliphatic rings. The smallest absolute Gasteiger partial charge is 0.335 e. The summed E-state index contributed by atoms with van der Waals surface area (Å²) in [7, 11) is 0. The fourth-order valence-corrected chi connectivity index (χ4v) is 3.89. The molecule has 3 N–H and O–H groups in total. The van der Waals surface area contributed by atoms with Gasteiger partial charge in [0.2, 0.25) is 0 Å². The lowest BCUT2D eigenvalue weighted by Gasteiger charge is -2.37. The van der Waals surface area contributed by atoms with Crippen LogP contribution in [0.2, 0.25) is 0 Å². The average molecular weight is 335 g/mol. The normalized spacial score (nSPS) is 23.4. The van der Waals surface area contributed by atoms with Gasteiger partial charge in [-0.05, 0) is 53.8 Å². The van der Waals surface area contributed by atoms with E-state index in [0.717, 1.165) is 23.2 Å². The van der Waals surface area contributed by atoms with Gasteiger partial charge >= 0.3 is 11.9 Å². The second-order valence-corrected chi connectivity index (χ2v) is 6.51. The molecule has 2 aromatic carbocycles. The largest absolute Gasteiger partial charge is 0.478 e. The molecule has 4 rings (SSSR count). The highest BCUT2D eigenvalue weighted by Gasteiger charge is 2.38. The van der Waals surface area contributed by atoms with Gasteiger partial charge in [0.05, 0.1) is 17.2 Å². The Morgan fingerprint density at radius 3 is 2.32 bits per heavy atom. The van der Waals surface area contributed by atoms with E-state index in [-0.39, 0.29) is 23.4 Å². The third kappa shape index (κ3) is 2.58. The van der Waals surface area contributed by atoms with Gasteiger partial charge in [-0.3, -0.25) is 0 Å². The first kappa shape index (κ1) is 15.4. The predicted octanol–water partition coefficient (Wildman–Crippen LogP) is 3.91. The van der Waals surface area contributed by atoms with E-state index in [1.165, 1.54) is 0 Å². The van der Waals surface area contributed by atoms with Gasteiger partial charge in [-0.1, -0.05) is 24.3 Å². The van der Waals surface area contributed by atoms with Gasteiger partial charge in [0.1, 0.15) is 0 Å². The van der Waals surface area contributed by atoms with Gasteiger partial charge in [-0.2, -0.15) is 0 Å². The molecule has 25 heavy (non-hydrogen) atoms. The third-order valence-electron chi connectivity index (χ3n) is 5.13. The molecule has 0 saturated heterocycles. The molecule has 1 aliphatic heterocycles. The number of carboxylic acids is 2. The van der Waals surface area contributed by atoms with Crippen LogP contribution in [-0.2, 0) is 0 Å². The maximum absolute atomic E-state index is 11.3. The van der Waals surface area contributed by atoms with E-state index in [1.807, 2.05) is 18.2 Å². The fraction of sp³-hybridized carbons (Fsp3) is 0.200. The Kier molecular flexibility index (Phi) is 3.57. The van der Waals surface area contributed by atoms with Crippen LogP contribution in [0.25, 0.3) is 0 Å². The fourth-order valence-electron chi connectivity index (χ4n) is 3.89. The Labute approximate surface area is 144 Å². The first-order valence-corrected chi connectivity index (χ1v) is 8.18. The molecule has 0 amide bonds. The van der Waals surface area contributed by atoms with E-state index in [2.05, 4.69) is 17.5 Å². The van der Waals surface area contributed by atoms with Gasteiger partial charge in [-0.15, -0.1) is 0 Å². The van der Waals surface area contributed by atoms with Crippen molar-refractivity contribution in [2.75, 3.05) is 5.32 Å². The van der Waals surface area contributed by atoms with Crippen LogP contribution in [0, 0.1) is 5.92 Å². The average Bonchev–Trinajstić information content (AvgIpc) is 3.10. The summed E-state index contributed by atoms with van der Waals surface area (Å²) in [6.45, 7) is 0. The summed E-state index contributed by atoms with van der Waals surface area (Å²) >= 11 is 0. The molecule has 1 heterocycles. The predicted molar refractivity (Wildman–Crippen MR) is 93.2 cm³/mol. The standard InChI is InChI=1S/C20H17NO4/c22-19(23)12-6-4-11(5-7-12)18-15-3-1-2-14(15)16-10-13(20(24)25)8-9-17(16)21-18/h1-2,4-10,14-15,18,21H,3H2,(H,22,23)(H,24,25)/t14-,15-,18-/m0/s1. The number of carboxylic acid groups (broad SMARTS) is 2. The summed E-state index contributed by atoms with van der Waals surface area (Å²) in [5.41, 5.74) is 3.55. The van der Waals surface area contributed by atoms with E-state index in [9.17, 15) is 14.7 Å². The second-order valence-electron chi connectivity index (χ2n) is 6.51. The minimum Gasteiger partial charge on any atom is -0.478 e. The van der Waals surface area contributed by atoms with E-state index < -0.39 is 11.9 Å². The van der Waals surface area contributed by atoms with E-state index in [0.29, 0.717) is 5.56 Å². The van der Waals surface area contributed by atoms with E-state index >= 15 is 0 Å². The zero-order valence-corrected chi connectivity index (χ0v) is 13.3. The number of hydrogen-bond donors (Lipinski definition) is 3. The first-order valence-electron chi connectivity index (χ1n) is 8.18. The molecule has 0 radical (unpaired) electrons. The second kappa shape index (κ2) is 5.77. The Bertz CT molecular complexity index is 885. The van der Waals surface area contributed by atoms with Crippen LogP contribution < -0.4 is 5.32 Å². The number of nitrogens with one attached hydrogen (secondary N) is 1. The van der Waals surface area contributed by atoms with Gasteiger partial charge in [0.15, 0.2) is 0 Å². The zero-order chi connectivity index (χ0) is 17.6. The SMILES string of the molecule is O=C(O)c1ccc([C@@H]2Nc3ccc(C(=O)O)cc3[C@H]3C=CC[C@@H]32)cc1. The van der Waals surface area contributed by atoms with Crippen LogP contribution in [0.4, 0.5) is 5.69 Å². The lowest BCUT2D eigenvalue weighted by molar-refractivity contribution is 0.0686. The topological polar surface area (TPSA) is 86.6 Å². The number of anilines is 1. The van der Waals surface area contributed by atoms with Crippen molar-refractivity contribution < 1.29 is 19.8 Å². The number of fused-ring (bicyclic) bond motifs is 3. The summed E-state index contributed by atoms with van der Waals surface area (Å²) in [6, 6.07) is 12.2. The summed E-state index contributed by atoms with van der Waals surface area (Å²) in [5.74, 6) is -1.41. The van der Waals surface area contributed by atoms with E-state index in [4.69, 9.17) is 5.11 Å². The van der Waals surface area contributed by atoms with Crippen LogP contribution in [0.3, 0.4) is 0 Å². The number of carbonyl (C=O) groups is 2. The molecule has 0 aromatic heterocycles. The molecule has 5 nitrogen and oxygen atoms in total. The molecule has 1 aliphatic carbocycles. The van der Waals surface area contributed by atoms with Gasteiger partial charge in [0.25, 0.3) is 0 Å². The van der Waals surface area contributed by atoms with Crippen LogP contribution in [0.15, 0.2) is 54.6 Å². The van der Waals surface area contributed by atoms with Crippen LogP contribution in [0.5, 0.6) is 0 Å². The van der Waals surface area contributed by atoms with Crippen molar-refractivity contribution in [1.29, 1.82) is 0 Å². The summed E-state index contributed by atoms with van der Waals surface area (Å²) in [5, 5.41) is 21.8. The molecule has 0 spiro atoms. The van der Waals surface area contributed by atoms with Crippen LogP contribution in [-0.4, -0.2) is 22.2 Å². The van der Waals surface area contributed by atoms with Crippen molar-refractivity contribution in [2.24, 2.45) is 5.92 Å². The van der Waals surface area contributed by atoms with Gasteiger partial charge in [-0.25, -0.2) is 9.59 Å². The van der Waals surface area contributed by atoms with Crippen molar-refractivity contribution in [3.05, 3.63) is 76.9 Å². The number of aromatic carboxylic acids is 2. The van der Waals surface area contributed by atoms with Crippen molar-refractivity contribution >= 4 is 17.6 Å². The highest BCUT2D eigenvalue weighted by molar-refractivity contribution is 5.89. The number of benzene rings is 2. The maximum atomic E-state index is 11.3. The lowest BCUT2D eigenvalue weighted by Crippen LogP contribution is -2.29. The van der Waals surface area contributed by atoms with Crippen molar-refractivity contribution in [3.8, 4) is 0 Å². The molecule has 3 atom stereocenters. The minimum atomic E-state index is -0.935. The van der Waals surface area contributed by atoms with Gasteiger partial charge < -0.3 is 15.5 Å². The molecule has 2 aromatic rings. The van der Waals surface area contributed by atoms with Crippen molar-refractivity contribution in [2.45, 2.75) is 18.4 Å². The van der Waals surface area contributed by atoms with Gasteiger partial charge in [0, 0.05) is 11.6 Å². The number of allylic oxidation sites excluding steroid dienone is 2. The molecule has 5 heteroatoms. The molecule has 0 unspecified atom stereocenters. The van der Waals surface area contributed by atoms with Crippen molar-refractivity contribution in [1.82, 2.24) is 0 Å². The summed E-state index contributed by atoms with van der Waals surface area (Å²) in [6.07, 6.45) is 5.19. The Balaban J connectivity index is 1.72. The Morgan fingerprint density at radius 2 is 1.64 bits per heavy atom. The van der Waals surface area contributed by atoms with Crippen LogP contribution in [0.1, 0.15) is 50.2 Å². The summed E-state index contributed by atoms with van der Waals surface area (Å²) < 4.78 is 0. The Hall–Kier alpha value is -3.08. The van der Waals surface area contributed by atoms with Crippen molar-refractivity contribution in [3.63, 3.8) is 0 Å². The quantitative estimate of drug-likeness (QED) is 0.740. The lowest BCUT2D eigenvalue weighted by atomic mass is 9.76. The maximum Gasteiger partial charge on any atom is 0.335 e. The minimum absolute atomic E-state index is 0.0611. The highest BCUT2D eigenvalue weighted by atomic mass is 16.4. The molecule has 126 valence electrons. The summed E-state index contributed by atoms with van der Waals surface area (Å²) in [4.78, 5) is 22.3. The molecule has 0 fully saturated rings. The third-order valence-corrected chi connectivity index (χ3v) is 5.13. The molecular formula is C20H17NO4. The van der Waals surface area contributed by atoms with Crippen LogP contribution >= 0.6 is 0 Å². The number of rotatable bonds is 3. The molecular weight excluding hydrogens is 318 g/mol. The molecule has 0 bridgehead atoms. The van der Waals surface area contributed by atoms with E-state index in [1.54, 1.807) is 24.3 Å². The first-order chi connectivity index (χ1) is 12.0. The molecule has 0 saturated carbocycles. The zero-order valence-electron chi connectivity index (χ0n) is 13.3. The highest BCUT2D eigenvalue weighted by Crippen LogP contribution is 2.49. The Morgan fingerprint density at radius 1 is 0.960 bits per heavy atom. The number of hydrogen-bond acceptors (Lipinski definition) is 3. The monoisotopic (exact) mass is 335 g/mol.